The fourth-order valence-corrected chi connectivity index (χ4v) is 2.51. The molecule has 4 nitrogen and oxygen atoms in total. The van der Waals surface area contributed by atoms with E-state index in [9.17, 15) is 8.42 Å². The Morgan fingerprint density at radius 2 is 1.88 bits per heavy atom. The molecule has 0 saturated heterocycles. The van der Waals surface area contributed by atoms with Crippen molar-refractivity contribution in [3.05, 3.63) is 29.8 Å². The lowest BCUT2D eigenvalue weighted by Gasteiger charge is -2.11. The summed E-state index contributed by atoms with van der Waals surface area (Å²) in [5.74, 6) is 0. The Hall–Kier alpha value is -0.910. The molecule has 0 fully saturated rings. The molecule has 1 rings (SSSR count). The molecule has 1 aromatic carbocycles. The van der Waals surface area contributed by atoms with Crippen LogP contribution in [0.5, 0.6) is 0 Å². The molecule has 1 unspecified atom stereocenters. The molecule has 0 aliphatic carbocycles. The summed E-state index contributed by atoms with van der Waals surface area (Å²) in [4.78, 5) is 0.227. The second-order valence-electron chi connectivity index (χ2n) is 3.70. The fourth-order valence-electron chi connectivity index (χ4n) is 1.27. The molecule has 1 atom stereocenters. The Balaban J connectivity index is 2.90. The summed E-state index contributed by atoms with van der Waals surface area (Å²) < 4.78 is 25.9. The van der Waals surface area contributed by atoms with Crippen LogP contribution >= 0.6 is 0 Å². The van der Waals surface area contributed by atoms with Crippen LogP contribution in [0, 0.1) is 0 Å². The topological polar surface area (TPSA) is 66.4 Å². The zero-order valence-electron chi connectivity index (χ0n) is 9.47. The summed E-state index contributed by atoms with van der Waals surface area (Å²) in [6, 6.07) is 6.25. The van der Waals surface area contributed by atoms with Gasteiger partial charge in [-0.25, -0.2) is 13.1 Å². The van der Waals surface area contributed by atoms with Gasteiger partial charge in [-0.05, 0) is 31.0 Å². The van der Waals surface area contributed by atoms with Crippen LogP contribution in [-0.2, 0) is 16.4 Å². The summed E-state index contributed by atoms with van der Waals surface area (Å²) in [7, 11) is -3.51. The van der Waals surface area contributed by atoms with Gasteiger partial charge in [0, 0.05) is 6.04 Å². The normalized spacial score (nSPS) is 13.7. The van der Waals surface area contributed by atoms with Crippen molar-refractivity contribution >= 4 is 10.0 Å². The predicted octanol–water partition coefficient (Wildman–Crippen LogP) is 0.908. The van der Waals surface area contributed by atoms with E-state index in [4.69, 9.17) is 5.11 Å². The van der Waals surface area contributed by atoms with Crippen LogP contribution < -0.4 is 4.72 Å². The number of benzene rings is 1. The van der Waals surface area contributed by atoms with Gasteiger partial charge < -0.3 is 5.11 Å². The molecule has 0 radical (unpaired) electrons. The molecule has 2 N–H and O–H groups in total. The number of nitrogens with one attached hydrogen (secondary N) is 1. The maximum Gasteiger partial charge on any atom is 0.240 e. The van der Waals surface area contributed by atoms with Crippen LogP contribution in [0.15, 0.2) is 29.2 Å². The van der Waals surface area contributed by atoms with Crippen molar-refractivity contribution < 1.29 is 13.5 Å². The monoisotopic (exact) mass is 243 g/mol. The third-order valence-corrected chi connectivity index (χ3v) is 3.88. The van der Waals surface area contributed by atoms with Crippen molar-refractivity contribution in [3.8, 4) is 0 Å². The van der Waals surface area contributed by atoms with Crippen LogP contribution in [0.3, 0.4) is 0 Å². The van der Waals surface area contributed by atoms with Gasteiger partial charge >= 0.3 is 0 Å². The van der Waals surface area contributed by atoms with E-state index in [1.165, 1.54) is 0 Å². The Morgan fingerprint density at radius 1 is 1.31 bits per heavy atom. The molecule has 0 aromatic heterocycles. The molecule has 5 heteroatoms. The molecule has 16 heavy (non-hydrogen) atoms. The molecule has 0 amide bonds. The van der Waals surface area contributed by atoms with Crippen molar-refractivity contribution in [2.45, 2.75) is 31.2 Å². The van der Waals surface area contributed by atoms with Gasteiger partial charge in [-0.15, -0.1) is 0 Å². The van der Waals surface area contributed by atoms with Crippen molar-refractivity contribution in [1.29, 1.82) is 0 Å². The SMILES string of the molecule is CCc1ccc(S(=O)(=O)NC(C)CO)cc1. The second-order valence-corrected chi connectivity index (χ2v) is 5.42. The zero-order chi connectivity index (χ0) is 12.2. The highest BCUT2D eigenvalue weighted by atomic mass is 32.2. The Labute approximate surface area is 96.4 Å². The lowest BCUT2D eigenvalue weighted by Crippen LogP contribution is -2.34. The molecular formula is C11H17NO3S. The van der Waals surface area contributed by atoms with Crippen LogP contribution in [-0.4, -0.2) is 26.2 Å². The predicted molar refractivity (Wildman–Crippen MR) is 62.7 cm³/mol. The Bertz CT molecular complexity index is 425. The van der Waals surface area contributed by atoms with Gasteiger partial charge in [0.05, 0.1) is 11.5 Å². The minimum Gasteiger partial charge on any atom is -0.395 e. The van der Waals surface area contributed by atoms with E-state index in [0.717, 1.165) is 12.0 Å². The van der Waals surface area contributed by atoms with Crippen molar-refractivity contribution in [2.24, 2.45) is 0 Å². The summed E-state index contributed by atoms with van der Waals surface area (Å²) >= 11 is 0. The van der Waals surface area contributed by atoms with Crippen LogP contribution in [0.2, 0.25) is 0 Å². The summed E-state index contributed by atoms with van der Waals surface area (Å²) in [5.41, 5.74) is 1.09. The first-order valence-corrected chi connectivity index (χ1v) is 6.70. The van der Waals surface area contributed by atoms with Crippen LogP contribution in [0.4, 0.5) is 0 Å². The number of rotatable bonds is 5. The zero-order valence-corrected chi connectivity index (χ0v) is 10.3. The van der Waals surface area contributed by atoms with Gasteiger partial charge in [-0.1, -0.05) is 19.1 Å². The van der Waals surface area contributed by atoms with Crippen LogP contribution in [0.1, 0.15) is 19.4 Å². The molecule has 0 saturated carbocycles. The van der Waals surface area contributed by atoms with E-state index < -0.39 is 16.1 Å². The van der Waals surface area contributed by atoms with Gasteiger partial charge in [0.25, 0.3) is 0 Å². The first-order valence-electron chi connectivity index (χ1n) is 5.21. The van der Waals surface area contributed by atoms with E-state index >= 15 is 0 Å². The minimum atomic E-state index is -3.51. The largest absolute Gasteiger partial charge is 0.395 e. The Morgan fingerprint density at radius 3 is 2.31 bits per heavy atom. The third kappa shape index (κ3) is 3.30. The number of aryl methyl sites for hydroxylation is 1. The highest BCUT2D eigenvalue weighted by Gasteiger charge is 2.16. The summed E-state index contributed by atoms with van der Waals surface area (Å²) in [5, 5.41) is 8.80. The van der Waals surface area contributed by atoms with Crippen molar-refractivity contribution in [3.63, 3.8) is 0 Å². The van der Waals surface area contributed by atoms with Gasteiger partial charge in [-0.3, -0.25) is 0 Å². The summed E-state index contributed by atoms with van der Waals surface area (Å²) in [6.07, 6.45) is 0.876. The van der Waals surface area contributed by atoms with Crippen molar-refractivity contribution in [2.75, 3.05) is 6.61 Å². The average molecular weight is 243 g/mol. The molecule has 0 aliphatic rings. The highest BCUT2D eigenvalue weighted by molar-refractivity contribution is 7.89. The molecule has 90 valence electrons. The second kappa shape index (κ2) is 5.43. The quantitative estimate of drug-likeness (QED) is 0.807. The minimum absolute atomic E-state index is 0.216. The van der Waals surface area contributed by atoms with E-state index in [1.54, 1.807) is 31.2 Å². The van der Waals surface area contributed by atoms with Gasteiger partial charge in [0.2, 0.25) is 10.0 Å². The molecule has 1 aromatic rings. The molecule has 0 spiro atoms. The molecule has 0 heterocycles. The van der Waals surface area contributed by atoms with Gasteiger partial charge in [-0.2, -0.15) is 0 Å². The maximum atomic E-state index is 11.8. The average Bonchev–Trinajstić information content (AvgIpc) is 2.28. The number of hydrogen-bond acceptors (Lipinski definition) is 3. The smallest absolute Gasteiger partial charge is 0.240 e. The van der Waals surface area contributed by atoms with Gasteiger partial charge in [0.1, 0.15) is 0 Å². The van der Waals surface area contributed by atoms with Gasteiger partial charge in [0.15, 0.2) is 0 Å². The molecular weight excluding hydrogens is 226 g/mol. The van der Waals surface area contributed by atoms with Crippen molar-refractivity contribution in [1.82, 2.24) is 4.72 Å². The maximum absolute atomic E-state index is 11.8. The first kappa shape index (κ1) is 13.2. The molecule has 0 aliphatic heterocycles. The third-order valence-electron chi connectivity index (χ3n) is 2.27. The van der Waals surface area contributed by atoms with E-state index in [1.807, 2.05) is 6.92 Å². The molecule has 0 bridgehead atoms. The van der Waals surface area contributed by atoms with E-state index in [0.29, 0.717) is 0 Å². The number of hydrogen-bond donors (Lipinski definition) is 2. The van der Waals surface area contributed by atoms with E-state index in [2.05, 4.69) is 4.72 Å². The van der Waals surface area contributed by atoms with E-state index in [-0.39, 0.29) is 11.5 Å². The number of aliphatic hydroxyl groups is 1. The standard InChI is InChI=1S/C11H17NO3S/c1-3-10-4-6-11(7-5-10)16(14,15)12-9(2)8-13/h4-7,9,12-13H,3,8H2,1-2H3. The Kier molecular flexibility index (Phi) is 4.46. The summed E-state index contributed by atoms with van der Waals surface area (Å²) in [6.45, 7) is 3.40. The van der Waals surface area contributed by atoms with Crippen LogP contribution in [0.25, 0.3) is 0 Å². The lowest BCUT2D eigenvalue weighted by atomic mass is 10.2. The fraction of sp³-hybridized carbons (Fsp3) is 0.455. The highest BCUT2D eigenvalue weighted by Crippen LogP contribution is 2.11. The lowest BCUT2D eigenvalue weighted by molar-refractivity contribution is 0.265. The number of sulfonamides is 1. The first-order chi connectivity index (χ1) is 7.49. The number of aliphatic hydroxyl groups excluding tert-OH is 1.